The Hall–Kier alpha value is -1.18. The van der Waals surface area contributed by atoms with Crippen LogP contribution in [0.15, 0.2) is 30.3 Å². The molecule has 0 radical (unpaired) electrons. The molecule has 2 amide bonds. The van der Waals surface area contributed by atoms with Gasteiger partial charge in [-0.05, 0) is 17.9 Å². The minimum absolute atomic E-state index is 0.0891. The number of carbonyl (C=O) groups excluding carboxylic acids is 2. The second kappa shape index (κ2) is 5.41. The molecule has 7 heteroatoms. The van der Waals surface area contributed by atoms with E-state index in [0.717, 1.165) is 12.0 Å². The molecule has 5 aliphatic heterocycles. The number of fused-ring (bicyclic) bond motifs is 1. The van der Waals surface area contributed by atoms with Gasteiger partial charge in [0.15, 0.2) is 9.74 Å². The number of amides is 2. The molecule has 5 nitrogen and oxygen atoms in total. The molecule has 6 rings (SSSR count). The van der Waals surface area contributed by atoms with Crippen LogP contribution < -0.4 is 0 Å². The van der Waals surface area contributed by atoms with Crippen molar-refractivity contribution in [3.05, 3.63) is 35.9 Å². The molecule has 0 aromatic heterocycles. The number of rotatable bonds is 3. The lowest BCUT2D eigenvalue weighted by Gasteiger charge is -2.56. The first kappa shape index (κ1) is 16.0. The van der Waals surface area contributed by atoms with E-state index in [-0.39, 0.29) is 17.9 Å². The van der Waals surface area contributed by atoms with Crippen LogP contribution in [0.5, 0.6) is 0 Å². The summed E-state index contributed by atoms with van der Waals surface area (Å²) in [6.45, 7) is 3.86. The van der Waals surface area contributed by atoms with Crippen LogP contribution in [0.2, 0.25) is 0 Å². The van der Waals surface area contributed by atoms with Gasteiger partial charge in [-0.2, -0.15) is 0 Å². The zero-order valence-electron chi connectivity index (χ0n) is 14.0. The summed E-state index contributed by atoms with van der Waals surface area (Å²) in [6, 6.07) is 10.0. The van der Waals surface area contributed by atoms with Gasteiger partial charge >= 0.3 is 0 Å². The second-order valence-corrected chi connectivity index (χ2v) is 10.2. The van der Waals surface area contributed by atoms with Crippen LogP contribution in [0.4, 0.5) is 0 Å². The maximum atomic E-state index is 13.2. The van der Waals surface area contributed by atoms with Gasteiger partial charge in [-0.25, -0.2) is 0 Å². The lowest BCUT2D eigenvalue weighted by molar-refractivity contribution is -0.161. The zero-order chi connectivity index (χ0) is 17.2. The van der Waals surface area contributed by atoms with Crippen LogP contribution in [0.25, 0.3) is 0 Å². The summed E-state index contributed by atoms with van der Waals surface area (Å²) in [6.07, 6.45) is 1.26. The Morgan fingerprint density at radius 2 is 1.68 bits per heavy atom. The summed E-state index contributed by atoms with van der Waals surface area (Å²) >= 11 is 0. The van der Waals surface area contributed by atoms with Gasteiger partial charge < -0.3 is 14.5 Å². The molecular formula is C18H20N2O3S2. The Bertz CT molecular complexity index is 743. The molecular weight excluding hydrogens is 356 g/mol. The monoisotopic (exact) mass is 376 g/mol. The van der Waals surface area contributed by atoms with E-state index in [9.17, 15) is 9.59 Å². The Morgan fingerprint density at radius 1 is 1.04 bits per heavy atom. The molecule has 25 heavy (non-hydrogen) atoms. The molecule has 0 unspecified atom stereocenters. The van der Waals surface area contributed by atoms with Crippen LogP contribution >= 0.6 is 21.6 Å². The lowest BCUT2D eigenvalue weighted by atomic mass is 10.0. The largest absolute Gasteiger partial charge is 0.372 e. The molecule has 0 saturated carbocycles. The van der Waals surface area contributed by atoms with Crippen molar-refractivity contribution in [1.82, 2.24) is 9.80 Å². The number of nitrogens with zero attached hydrogens (tertiary/aromatic N) is 2. The topological polar surface area (TPSA) is 49.9 Å². The third kappa shape index (κ3) is 2.09. The summed E-state index contributed by atoms with van der Waals surface area (Å²) in [5.41, 5.74) is 1.11. The van der Waals surface area contributed by atoms with Gasteiger partial charge in [0, 0.05) is 19.5 Å². The Labute approximate surface area is 154 Å². The van der Waals surface area contributed by atoms with Crippen LogP contribution in [-0.2, 0) is 20.9 Å². The molecule has 4 atom stereocenters. The van der Waals surface area contributed by atoms with E-state index in [0.29, 0.717) is 32.0 Å². The van der Waals surface area contributed by atoms with Crippen molar-refractivity contribution in [2.45, 2.75) is 42.2 Å². The minimum Gasteiger partial charge on any atom is -0.372 e. The number of hydrogen-bond acceptors (Lipinski definition) is 5. The number of ether oxygens (including phenoxy) is 1. The number of piperazine rings is 1. The first-order valence-electron chi connectivity index (χ1n) is 8.72. The van der Waals surface area contributed by atoms with E-state index in [1.54, 1.807) is 21.6 Å². The van der Waals surface area contributed by atoms with Crippen molar-refractivity contribution >= 4 is 33.4 Å². The highest BCUT2D eigenvalue weighted by molar-refractivity contribution is 8.78. The third-order valence-corrected chi connectivity index (χ3v) is 9.35. The first-order valence-corrected chi connectivity index (χ1v) is 10.9. The second-order valence-electron chi connectivity index (χ2n) is 7.50. The van der Waals surface area contributed by atoms with Crippen molar-refractivity contribution in [1.29, 1.82) is 0 Å². The fourth-order valence-electron chi connectivity index (χ4n) is 4.53. The maximum Gasteiger partial charge on any atom is 0.261 e. The Kier molecular flexibility index (Phi) is 3.47. The van der Waals surface area contributed by atoms with Crippen molar-refractivity contribution in [3.63, 3.8) is 0 Å². The summed E-state index contributed by atoms with van der Waals surface area (Å²) in [7, 11) is 3.19. The van der Waals surface area contributed by atoms with Gasteiger partial charge in [-0.3, -0.25) is 9.59 Å². The van der Waals surface area contributed by atoms with Gasteiger partial charge in [0.1, 0.15) is 0 Å². The van der Waals surface area contributed by atoms with Crippen molar-refractivity contribution < 1.29 is 14.3 Å². The van der Waals surface area contributed by atoms with Crippen LogP contribution in [0, 0.1) is 5.92 Å². The SMILES string of the molecule is C[C@H]1CN2C(=O)[C@]34C[C@@H](OCc5ccccc5)CN3C(=O)[C@@]2(C1)SS4. The summed E-state index contributed by atoms with van der Waals surface area (Å²) in [5.74, 6) is 0.610. The molecule has 5 heterocycles. The average molecular weight is 377 g/mol. The van der Waals surface area contributed by atoms with E-state index >= 15 is 0 Å². The highest BCUT2D eigenvalue weighted by atomic mass is 33.1. The fourth-order valence-corrected chi connectivity index (χ4v) is 8.47. The van der Waals surface area contributed by atoms with Crippen molar-refractivity contribution in [3.8, 4) is 0 Å². The van der Waals surface area contributed by atoms with Crippen molar-refractivity contribution in [2.75, 3.05) is 13.1 Å². The van der Waals surface area contributed by atoms with E-state index < -0.39 is 9.74 Å². The molecule has 2 spiro atoms. The van der Waals surface area contributed by atoms with Crippen LogP contribution in [-0.4, -0.2) is 50.5 Å². The van der Waals surface area contributed by atoms with Crippen LogP contribution in [0.3, 0.4) is 0 Å². The molecule has 0 aliphatic carbocycles. The summed E-state index contributed by atoms with van der Waals surface area (Å²) in [5, 5.41) is 0. The van der Waals surface area contributed by atoms with Gasteiger partial charge in [0.05, 0.1) is 12.7 Å². The highest BCUT2D eigenvalue weighted by Gasteiger charge is 2.73. The summed E-state index contributed by atoms with van der Waals surface area (Å²) in [4.78, 5) is 28.7. The average Bonchev–Trinajstić information content (AvgIpc) is 3.17. The number of benzene rings is 1. The standard InChI is InChI=1S/C18H20N2O3S2/c1-12-7-17-15(21)20-10-14(23-11-13-5-3-2-4-6-13)8-18(20,25-24-17)16(22)19(17)9-12/h2-6,12,14H,7-11H2,1H3/t12-,14-,17-,18-/m1/s1. The molecule has 1 aromatic carbocycles. The quantitative estimate of drug-likeness (QED) is 0.759. The summed E-state index contributed by atoms with van der Waals surface area (Å²) < 4.78 is 6.08. The predicted octanol–water partition coefficient (Wildman–Crippen LogP) is 2.47. The van der Waals surface area contributed by atoms with E-state index in [1.165, 1.54) is 0 Å². The predicted molar refractivity (Wildman–Crippen MR) is 97.5 cm³/mol. The Balaban J connectivity index is 1.39. The molecule has 5 fully saturated rings. The zero-order valence-corrected chi connectivity index (χ0v) is 15.6. The molecule has 2 bridgehead atoms. The fraction of sp³-hybridized carbons (Fsp3) is 0.556. The number of hydrogen-bond donors (Lipinski definition) is 0. The molecule has 1 aromatic rings. The van der Waals surface area contributed by atoms with Gasteiger partial charge in [0.25, 0.3) is 11.8 Å². The van der Waals surface area contributed by atoms with E-state index in [2.05, 4.69) is 6.92 Å². The lowest BCUT2D eigenvalue weighted by Crippen LogP contribution is -2.73. The van der Waals surface area contributed by atoms with E-state index in [4.69, 9.17) is 4.74 Å². The molecule has 132 valence electrons. The Morgan fingerprint density at radius 3 is 2.40 bits per heavy atom. The van der Waals surface area contributed by atoms with Crippen LogP contribution in [0.1, 0.15) is 25.3 Å². The maximum absolute atomic E-state index is 13.2. The van der Waals surface area contributed by atoms with Gasteiger partial charge in [-0.15, -0.1) is 0 Å². The van der Waals surface area contributed by atoms with Gasteiger partial charge in [-0.1, -0.05) is 58.8 Å². The first-order chi connectivity index (χ1) is 12.1. The normalized spacial score (nSPS) is 39.1. The van der Waals surface area contributed by atoms with Crippen molar-refractivity contribution in [2.24, 2.45) is 5.92 Å². The molecule has 5 aliphatic rings. The van der Waals surface area contributed by atoms with Gasteiger partial charge in [0.2, 0.25) is 0 Å². The molecule has 5 saturated heterocycles. The third-order valence-electron chi connectivity index (χ3n) is 5.69. The smallest absolute Gasteiger partial charge is 0.261 e. The number of carbonyl (C=O) groups is 2. The minimum atomic E-state index is -0.755. The van der Waals surface area contributed by atoms with E-state index in [1.807, 2.05) is 40.1 Å². The molecule has 0 N–H and O–H groups in total. The highest BCUT2D eigenvalue weighted by Crippen LogP contribution is 2.65.